The van der Waals surface area contributed by atoms with Crippen molar-refractivity contribution in [1.29, 1.82) is 0 Å². The van der Waals surface area contributed by atoms with Crippen LogP contribution in [0.5, 0.6) is 5.75 Å². The summed E-state index contributed by atoms with van der Waals surface area (Å²) in [5.74, 6) is -2.76. The van der Waals surface area contributed by atoms with Crippen molar-refractivity contribution < 1.29 is 27.6 Å². The molecule has 0 aliphatic rings. The second-order valence-corrected chi connectivity index (χ2v) is 13.8. The van der Waals surface area contributed by atoms with Crippen LogP contribution in [0.2, 0.25) is 19.6 Å². The maximum atomic E-state index is 14.8. The predicted octanol–water partition coefficient (Wildman–Crippen LogP) is 3.25. The SMILES string of the molecule is COc1ccc([C@@H](C(=O)Nc2cc(F)c([Si](C)(C)C)cc2F)N(C)C(=O)c2cc(=O)[nH]o2)cc1. The van der Waals surface area contributed by atoms with Crippen LogP contribution in [0.4, 0.5) is 14.5 Å². The van der Waals surface area contributed by atoms with Gasteiger partial charge in [0.2, 0.25) is 5.76 Å². The monoisotopic (exact) mass is 489 g/mol. The van der Waals surface area contributed by atoms with Crippen LogP contribution in [0.3, 0.4) is 0 Å². The number of benzene rings is 2. The van der Waals surface area contributed by atoms with E-state index < -0.39 is 43.1 Å². The number of anilines is 1. The molecule has 1 atom stereocenters. The van der Waals surface area contributed by atoms with Crippen molar-refractivity contribution >= 4 is 30.8 Å². The van der Waals surface area contributed by atoms with E-state index in [1.54, 1.807) is 24.3 Å². The Morgan fingerprint density at radius 3 is 2.26 bits per heavy atom. The van der Waals surface area contributed by atoms with E-state index in [0.29, 0.717) is 16.5 Å². The second kappa shape index (κ2) is 9.63. The first kappa shape index (κ1) is 24.9. The van der Waals surface area contributed by atoms with Crippen molar-refractivity contribution in [3.05, 3.63) is 75.8 Å². The average molecular weight is 490 g/mol. The predicted molar refractivity (Wildman–Crippen MR) is 125 cm³/mol. The number of likely N-dealkylation sites (N-methyl/N-ethyl adjacent to an activating group) is 1. The fraction of sp³-hybridized carbons (Fsp3) is 0.261. The van der Waals surface area contributed by atoms with E-state index in [0.717, 1.165) is 23.1 Å². The van der Waals surface area contributed by atoms with Gasteiger partial charge in [0.15, 0.2) is 0 Å². The Morgan fingerprint density at radius 1 is 1.09 bits per heavy atom. The highest BCUT2D eigenvalue weighted by molar-refractivity contribution is 6.88. The molecule has 11 heteroatoms. The summed E-state index contributed by atoms with van der Waals surface area (Å²) in [6.45, 7) is 5.63. The van der Waals surface area contributed by atoms with Crippen molar-refractivity contribution in [3.8, 4) is 5.75 Å². The molecule has 0 spiro atoms. The Hall–Kier alpha value is -3.73. The zero-order chi connectivity index (χ0) is 25.2. The van der Waals surface area contributed by atoms with Gasteiger partial charge in [0.25, 0.3) is 17.4 Å². The van der Waals surface area contributed by atoms with Gasteiger partial charge in [-0.3, -0.25) is 14.4 Å². The number of hydrogen-bond donors (Lipinski definition) is 2. The van der Waals surface area contributed by atoms with E-state index in [9.17, 15) is 23.2 Å². The van der Waals surface area contributed by atoms with E-state index >= 15 is 0 Å². The lowest BCUT2D eigenvalue weighted by Crippen LogP contribution is -2.41. The number of amides is 2. The molecule has 0 fully saturated rings. The van der Waals surface area contributed by atoms with Crippen LogP contribution in [0.1, 0.15) is 22.2 Å². The third-order valence-corrected chi connectivity index (χ3v) is 7.24. The lowest BCUT2D eigenvalue weighted by molar-refractivity contribution is -0.120. The van der Waals surface area contributed by atoms with Gasteiger partial charge in [-0.1, -0.05) is 31.8 Å². The van der Waals surface area contributed by atoms with Crippen molar-refractivity contribution in [2.45, 2.75) is 25.7 Å². The number of nitrogens with one attached hydrogen (secondary N) is 2. The van der Waals surface area contributed by atoms with Gasteiger partial charge in [-0.25, -0.2) is 8.78 Å². The largest absolute Gasteiger partial charge is 0.497 e. The Bertz CT molecular complexity index is 1260. The highest BCUT2D eigenvalue weighted by Gasteiger charge is 2.32. The molecule has 34 heavy (non-hydrogen) atoms. The maximum Gasteiger partial charge on any atom is 0.293 e. The topological polar surface area (TPSA) is 105 Å². The van der Waals surface area contributed by atoms with Gasteiger partial charge in [0, 0.05) is 13.1 Å². The summed E-state index contributed by atoms with van der Waals surface area (Å²) in [4.78, 5) is 38.6. The molecule has 0 aliphatic heterocycles. The number of halogens is 2. The third kappa shape index (κ3) is 5.25. The number of hydrogen-bond acceptors (Lipinski definition) is 5. The van der Waals surface area contributed by atoms with Gasteiger partial charge < -0.3 is 19.5 Å². The zero-order valence-electron chi connectivity index (χ0n) is 19.4. The fourth-order valence-electron chi connectivity index (χ4n) is 3.44. The van der Waals surface area contributed by atoms with E-state index in [2.05, 4.69) is 5.32 Å². The van der Waals surface area contributed by atoms with E-state index in [1.807, 2.05) is 24.8 Å². The molecule has 0 saturated heterocycles. The standard InChI is InChI=1S/C23H25F2N3O5Si/c1-28(23(31)18-12-20(29)27-33-18)21(13-6-8-14(32-2)9-7-13)22(30)26-17-10-16(25)19(11-15(17)24)34(3,4)5/h6-12,21H,1-5H3,(H,26,30)(H,27,29)/t21-/m0/s1. The van der Waals surface area contributed by atoms with Gasteiger partial charge in [0.1, 0.15) is 23.4 Å². The van der Waals surface area contributed by atoms with Gasteiger partial charge in [-0.15, -0.1) is 0 Å². The first-order chi connectivity index (χ1) is 15.9. The molecule has 8 nitrogen and oxygen atoms in total. The zero-order valence-corrected chi connectivity index (χ0v) is 20.4. The Labute approximate surface area is 195 Å². The van der Waals surface area contributed by atoms with Crippen LogP contribution in [0.15, 0.2) is 51.8 Å². The molecular formula is C23H25F2N3O5Si. The average Bonchev–Trinajstić information content (AvgIpc) is 3.21. The summed E-state index contributed by atoms with van der Waals surface area (Å²) >= 11 is 0. The fourth-order valence-corrected chi connectivity index (χ4v) is 4.78. The summed E-state index contributed by atoms with van der Waals surface area (Å²) in [6, 6.07) is 8.03. The quantitative estimate of drug-likeness (QED) is 0.496. The van der Waals surface area contributed by atoms with Crippen LogP contribution in [0.25, 0.3) is 0 Å². The number of ether oxygens (including phenoxy) is 1. The van der Waals surface area contributed by atoms with Crippen LogP contribution < -0.4 is 20.8 Å². The molecule has 0 saturated carbocycles. The molecule has 0 radical (unpaired) electrons. The second-order valence-electron chi connectivity index (χ2n) is 8.72. The molecule has 0 bridgehead atoms. The van der Waals surface area contributed by atoms with Gasteiger partial charge in [-0.2, -0.15) is 5.16 Å². The summed E-state index contributed by atoms with van der Waals surface area (Å²) in [5.41, 5.74) is -0.606. The minimum absolute atomic E-state index is 0.296. The number of carbonyl (C=O) groups is 2. The van der Waals surface area contributed by atoms with Gasteiger partial charge in [-0.05, 0) is 28.9 Å². The number of carbonyl (C=O) groups excluding carboxylic acids is 2. The molecule has 2 aromatic carbocycles. The summed E-state index contributed by atoms with van der Waals surface area (Å²) in [6.07, 6.45) is 0. The van der Waals surface area contributed by atoms with Crippen molar-refractivity contribution in [1.82, 2.24) is 10.1 Å². The minimum Gasteiger partial charge on any atom is -0.497 e. The number of aromatic amines is 1. The molecule has 0 aliphatic carbocycles. The van der Waals surface area contributed by atoms with Crippen molar-refractivity contribution in [2.75, 3.05) is 19.5 Å². The molecule has 2 N–H and O–H groups in total. The Balaban J connectivity index is 1.98. The Morgan fingerprint density at radius 2 is 1.74 bits per heavy atom. The van der Waals surface area contributed by atoms with E-state index in [4.69, 9.17) is 9.26 Å². The molecule has 1 aromatic heterocycles. The van der Waals surface area contributed by atoms with Gasteiger partial charge >= 0.3 is 0 Å². The van der Waals surface area contributed by atoms with Crippen molar-refractivity contribution in [2.24, 2.45) is 0 Å². The lowest BCUT2D eigenvalue weighted by Gasteiger charge is -2.27. The van der Waals surface area contributed by atoms with Crippen LogP contribution in [0, 0.1) is 11.6 Å². The third-order valence-electron chi connectivity index (χ3n) is 5.24. The van der Waals surface area contributed by atoms with Crippen LogP contribution >= 0.6 is 0 Å². The molecular weight excluding hydrogens is 464 g/mol. The molecule has 1 heterocycles. The number of methoxy groups -OCH3 is 1. The van der Waals surface area contributed by atoms with Crippen LogP contribution in [-0.2, 0) is 4.79 Å². The summed E-state index contributed by atoms with van der Waals surface area (Å²) in [7, 11) is 0.649. The summed E-state index contributed by atoms with van der Waals surface area (Å²) in [5, 5.41) is 4.70. The lowest BCUT2D eigenvalue weighted by atomic mass is 10.0. The Kier molecular flexibility index (Phi) is 7.06. The van der Waals surface area contributed by atoms with Crippen LogP contribution in [-0.4, -0.2) is 44.1 Å². The first-order valence-electron chi connectivity index (χ1n) is 10.3. The maximum absolute atomic E-state index is 14.8. The molecule has 180 valence electrons. The summed E-state index contributed by atoms with van der Waals surface area (Å²) < 4.78 is 39.5. The molecule has 0 unspecified atom stereocenters. The number of H-pyrrole nitrogens is 1. The highest BCUT2D eigenvalue weighted by Crippen LogP contribution is 2.26. The van der Waals surface area contributed by atoms with Crippen molar-refractivity contribution in [3.63, 3.8) is 0 Å². The van der Waals surface area contributed by atoms with E-state index in [1.165, 1.54) is 14.2 Å². The first-order valence-corrected chi connectivity index (χ1v) is 13.8. The smallest absolute Gasteiger partial charge is 0.293 e. The highest BCUT2D eigenvalue weighted by atomic mass is 28.3. The van der Waals surface area contributed by atoms with E-state index in [-0.39, 0.29) is 11.4 Å². The number of aromatic nitrogens is 1. The molecule has 3 aromatic rings. The normalized spacial score (nSPS) is 12.2. The minimum atomic E-state index is -2.16. The number of rotatable bonds is 7. The molecule has 3 rings (SSSR count). The van der Waals surface area contributed by atoms with Gasteiger partial charge in [0.05, 0.1) is 26.9 Å². The molecule has 2 amide bonds. The number of nitrogens with zero attached hydrogens (tertiary/aromatic N) is 1.